The van der Waals surface area contributed by atoms with Gasteiger partial charge in [0.2, 0.25) is 11.9 Å². The summed E-state index contributed by atoms with van der Waals surface area (Å²) in [6.07, 6.45) is -5.69. The summed E-state index contributed by atoms with van der Waals surface area (Å²) in [7, 11) is 0. The number of alkyl halides is 3. The van der Waals surface area contributed by atoms with E-state index in [9.17, 15) is 18.0 Å². The van der Waals surface area contributed by atoms with Crippen molar-refractivity contribution in [1.29, 1.82) is 0 Å². The van der Waals surface area contributed by atoms with Crippen LogP contribution in [0.15, 0.2) is 6.20 Å². The molecule has 3 N–H and O–H groups in total. The Morgan fingerprint density at radius 1 is 1.56 bits per heavy atom. The number of rotatable bonds is 3. The van der Waals surface area contributed by atoms with Gasteiger partial charge in [-0.05, 0) is 0 Å². The fourth-order valence-corrected chi connectivity index (χ4v) is 1.38. The summed E-state index contributed by atoms with van der Waals surface area (Å²) in [5.41, 5.74) is 0.585. The molecule has 9 heteroatoms. The molecule has 1 aliphatic heterocycles. The summed E-state index contributed by atoms with van der Waals surface area (Å²) in [6, 6.07) is 0. The average molecular weight is 262 g/mol. The van der Waals surface area contributed by atoms with E-state index in [2.05, 4.69) is 20.6 Å². The van der Waals surface area contributed by atoms with Crippen molar-refractivity contribution in [3.63, 3.8) is 0 Å². The van der Waals surface area contributed by atoms with Crippen molar-refractivity contribution in [1.82, 2.24) is 9.97 Å². The third-order valence-corrected chi connectivity index (χ3v) is 2.30. The van der Waals surface area contributed by atoms with Crippen LogP contribution in [0.2, 0.25) is 0 Å². The van der Waals surface area contributed by atoms with Gasteiger partial charge < -0.3 is 15.7 Å². The molecule has 0 fully saturated rings. The molecular formula is C9H9F3N4O2. The highest BCUT2D eigenvalue weighted by molar-refractivity contribution is 5.97. The lowest BCUT2D eigenvalue weighted by Crippen LogP contribution is -2.35. The van der Waals surface area contributed by atoms with Crippen molar-refractivity contribution >= 4 is 17.7 Å². The van der Waals surface area contributed by atoms with Gasteiger partial charge in [0, 0.05) is 11.8 Å². The molecule has 0 aliphatic carbocycles. The Labute approximate surface area is 99.2 Å². The van der Waals surface area contributed by atoms with E-state index in [4.69, 9.17) is 5.11 Å². The van der Waals surface area contributed by atoms with Gasteiger partial charge >= 0.3 is 6.18 Å². The van der Waals surface area contributed by atoms with Crippen LogP contribution >= 0.6 is 0 Å². The number of anilines is 2. The second-order valence-corrected chi connectivity index (χ2v) is 3.73. The maximum Gasteiger partial charge on any atom is 0.416 e. The van der Waals surface area contributed by atoms with Gasteiger partial charge in [-0.25, -0.2) is 4.98 Å². The minimum atomic E-state index is -4.70. The molecule has 18 heavy (non-hydrogen) atoms. The highest BCUT2D eigenvalue weighted by atomic mass is 19.4. The number of nitrogens with zero attached hydrogens (tertiary/aromatic N) is 2. The molecule has 6 nitrogen and oxygen atoms in total. The molecule has 1 amide bonds. The molecule has 0 spiro atoms. The van der Waals surface area contributed by atoms with E-state index < -0.39 is 18.8 Å². The van der Waals surface area contributed by atoms with Crippen LogP contribution in [-0.4, -0.2) is 39.8 Å². The van der Waals surface area contributed by atoms with Gasteiger partial charge in [0.05, 0.1) is 13.0 Å². The monoisotopic (exact) mass is 262 g/mol. The molecule has 0 saturated carbocycles. The first-order valence-corrected chi connectivity index (χ1v) is 5.00. The molecule has 1 aromatic heterocycles. The number of hydrogen-bond acceptors (Lipinski definition) is 5. The first-order valence-electron chi connectivity index (χ1n) is 5.00. The minimum Gasteiger partial charge on any atom is -0.382 e. The van der Waals surface area contributed by atoms with Crippen LogP contribution in [0.25, 0.3) is 0 Å². The maximum absolute atomic E-state index is 12.0. The molecule has 1 atom stereocenters. The average Bonchev–Trinajstić information content (AvgIpc) is 2.63. The van der Waals surface area contributed by atoms with Crippen LogP contribution in [-0.2, 0) is 11.2 Å². The second kappa shape index (κ2) is 4.41. The van der Waals surface area contributed by atoms with E-state index in [1.807, 2.05) is 0 Å². The highest BCUT2D eigenvalue weighted by Crippen LogP contribution is 2.22. The molecular weight excluding hydrogens is 253 g/mol. The number of aliphatic hydroxyl groups excluding tert-OH is 1. The second-order valence-electron chi connectivity index (χ2n) is 3.73. The van der Waals surface area contributed by atoms with Crippen molar-refractivity contribution in [2.45, 2.75) is 18.7 Å². The van der Waals surface area contributed by atoms with Gasteiger partial charge in [-0.2, -0.15) is 18.2 Å². The predicted molar refractivity (Wildman–Crippen MR) is 54.9 cm³/mol. The van der Waals surface area contributed by atoms with E-state index in [-0.39, 0.29) is 24.1 Å². The van der Waals surface area contributed by atoms with Crippen LogP contribution in [0.4, 0.5) is 24.9 Å². The molecule has 1 unspecified atom stereocenters. The third kappa shape index (κ3) is 2.67. The highest BCUT2D eigenvalue weighted by Gasteiger charge is 2.38. The van der Waals surface area contributed by atoms with Gasteiger partial charge in [-0.15, -0.1) is 0 Å². The van der Waals surface area contributed by atoms with Crippen LogP contribution in [0.1, 0.15) is 5.56 Å². The Balaban J connectivity index is 2.00. The molecule has 98 valence electrons. The maximum atomic E-state index is 12.0. The van der Waals surface area contributed by atoms with Gasteiger partial charge in [0.1, 0.15) is 5.82 Å². The number of aromatic nitrogens is 2. The zero-order valence-corrected chi connectivity index (χ0v) is 8.95. The zero-order valence-electron chi connectivity index (χ0n) is 8.95. The first-order chi connectivity index (χ1) is 8.36. The fourth-order valence-electron chi connectivity index (χ4n) is 1.38. The summed E-state index contributed by atoms with van der Waals surface area (Å²) in [5.74, 6) is -0.0509. The Hall–Kier alpha value is -1.90. The number of carbonyl (C=O) groups excluding carboxylic acids is 1. The zero-order chi connectivity index (χ0) is 13.3. The largest absolute Gasteiger partial charge is 0.416 e. The Morgan fingerprint density at radius 2 is 2.28 bits per heavy atom. The lowest BCUT2D eigenvalue weighted by atomic mass is 10.3. The smallest absolute Gasteiger partial charge is 0.382 e. The van der Waals surface area contributed by atoms with Gasteiger partial charge in [-0.1, -0.05) is 0 Å². The van der Waals surface area contributed by atoms with E-state index in [0.717, 1.165) is 0 Å². The lowest BCUT2D eigenvalue weighted by Gasteiger charge is -2.14. The summed E-state index contributed by atoms with van der Waals surface area (Å²) < 4.78 is 36.1. The molecule has 1 aliphatic rings. The Morgan fingerprint density at radius 3 is 2.94 bits per heavy atom. The predicted octanol–water partition coefficient (Wildman–Crippen LogP) is 0.306. The van der Waals surface area contributed by atoms with Gasteiger partial charge in [-0.3, -0.25) is 4.79 Å². The minimum absolute atomic E-state index is 0.0840. The van der Waals surface area contributed by atoms with Crippen molar-refractivity contribution in [3.05, 3.63) is 11.8 Å². The van der Waals surface area contributed by atoms with E-state index in [1.165, 1.54) is 6.20 Å². The van der Waals surface area contributed by atoms with Gasteiger partial charge in [0.25, 0.3) is 0 Å². The first kappa shape index (κ1) is 12.6. The number of fused-ring (bicyclic) bond motifs is 1. The molecule has 0 bridgehead atoms. The number of aliphatic hydroxyl groups is 1. The van der Waals surface area contributed by atoms with Crippen LogP contribution in [0.5, 0.6) is 0 Å². The standard InChI is InChI=1S/C9H9F3N4O2/c10-9(11,12)5(17)3-14-8-13-2-4-1-6(18)15-7(4)16-8/h2,5,17H,1,3H2,(H2,13,14,15,16,18). The Bertz CT molecular complexity index is 477. The number of amides is 1. The number of nitrogens with one attached hydrogen (secondary N) is 2. The van der Waals surface area contributed by atoms with Crippen LogP contribution in [0, 0.1) is 0 Å². The van der Waals surface area contributed by atoms with Crippen molar-refractivity contribution in [2.24, 2.45) is 0 Å². The normalized spacial score (nSPS) is 16.1. The van der Waals surface area contributed by atoms with Crippen molar-refractivity contribution < 1.29 is 23.1 Å². The van der Waals surface area contributed by atoms with Crippen molar-refractivity contribution in [3.8, 4) is 0 Å². The lowest BCUT2D eigenvalue weighted by molar-refractivity contribution is -0.198. The molecule has 0 radical (unpaired) electrons. The molecule has 0 saturated heterocycles. The summed E-state index contributed by atoms with van der Waals surface area (Å²) in [5, 5.41) is 13.5. The number of hydrogen-bond donors (Lipinski definition) is 3. The van der Waals surface area contributed by atoms with E-state index in [0.29, 0.717) is 5.56 Å². The molecule has 0 aromatic carbocycles. The summed E-state index contributed by atoms with van der Waals surface area (Å²) in [6.45, 7) is -0.754. The van der Waals surface area contributed by atoms with Crippen LogP contribution in [0.3, 0.4) is 0 Å². The number of carbonyl (C=O) groups is 1. The van der Waals surface area contributed by atoms with Gasteiger partial charge in [0.15, 0.2) is 6.10 Å². The summed E-state index contributed by atoms with van der Waals surface area (Å²) >= 11 is 0. The SMILES string of the molecule is O=C1Cc2cnc(NCC(O)C(F)(F)F)nc2N1. The topological polar surface area (TPSA) is 87.1 Å². The fraction of sp³-hybridized carbons (Fsp3) is 0.444. The number of halogens is 3. The molecule has 1 aromatic rings. The Kier molecular flexibility index (Phi) is 3.07. The molecule has 2 heterocycles. The van der Waals surface area contributed by atoms with Crippen LogP contribution < -0.4 is 10.6 Å². The van der Waals surface area contributed by atoms with Crippen molar-refractivity contribution in [2.75, 3.05) is 17.2 Å². The van der Waals surface area contributed by atoms with E-state index in [1.54, 1.807) is 0 Å². The molecule has 2 rings (SSSR count). The third-order valence-electron chi connectivity index (χ3n) is 2.30. The van der Waals surface area contributed by atoms with E-state index >= 15 is 0 Å². The quantitative estimate of drug-likeness (QED) is 0.729. The summed E-state index contributed by atoms with van der Waals surface area (Å²) in [4.78, 5) is 18.6.